The fourth-order valence-electron chi connectivity index (χ4n) is 1.82. The first-order valence-electron chi connectivity index (χ1n) is 5.78. The number of ether oxygens (including phenoxy) is 1. The van der Waals surface area contributed by atoms with Crippen LogP contribution in [-0.2, 0) is 0 Å². The van der Waals surface area contributed by atoms with Gasteiger partial charge in [0.2, 0.25) is 0 Å². The minimum absolute atomic E-state index is 0.739. The first kappa shape index (κ1) is 13.0. The molecule has 0 aliphatic heterocycles. The lowest BCUT2D eigenvalue weighted by molar-refractivity contribution is 0.474. The van der Waals surface area contributed by atoms with E-state index in [1.807, 2.05) is 31.2 Å². The van der Waals surface area contributed by atoms with Crippen molar-refractivity contribution < 1.29 is 4.74 Å². The molecule has 18 heavy (non-hydrogen) atoms. The highest BCUT2D eigenvalue weighted by Gasteiger charge is 2.10. The van der Waals surface area contributed by atoms with E-state index in [4.69, 9.17) is 10.5 Å². The van der Waals surface area contributed by atoms with E-state index in [0.29, 0.717) is 0 Å². The molecule has 0 unspecified atom stereocenters. The minimum Gasteiger partial charge on any atom is -0.457 e. The summed E-state index contributed by atoms with van der Waals surface area (Å²) >= 11 is 3.55. The standard InChI is InChI=1S/C15H16BrNO/c1-9-8-14(16)10(2)11(3)15(9)18-13-6-4-12(17)5-7-13/h4-8H,17H2,1-3H3. The molecule has 94 valence electrons. The minimum atomic E-state index is 0.739. The van der Waals surface area contributed by atoms with Crippen LogP contribution in [0.5, 0.6) is 11.5 Å². The van der Waals surface area contributed by atoms with Crippen molar-refractivity contribution in [2.45, 2.75) is 20.8 Å². The Morgan fingerprint density at radius 3 is 2.22 bits per heavy atom. The Balaban J connectivity index is 2.40. The SMILES string of the molecule is Cc1cc(Br)c(C)c(C)c1Oc1ccc(N)cc1. The first-order chi connectivity index (χ1) is 8.49. The predicted octanol–water partition coefficient (Wildman–Crippen LogP) is 4.75. The quantitative estimate of drug-likeness (QED) is 0.813. The van der Waals surface area contributed by atoms with Crippen LogP contribution in [0.2, 0.25) is 0 Å². The van der Waals surface area contributed by atoms with Gasteiger partial charge in [0.15, 0.2) is 0 Å². The number of hydrogen-bond donors (Lipinski definition) is 1. The van der Waals surface area contributed by atoms with E-state index in [2.05, 4.69) is 35.8 Å². The van der Waals surface area contributed by atoms with Gasteiger partial charge in [0.05, 0.1) is 0 Å². The third-order valence-electron chi connectivity index (χ3n) is 3.06. The van der Waals surface area contributed by atoms with Crippen LogP contribution >= 0.6 is 15.9 Å². The second kappa shape index (κ2) is 5.02. The highest BCUT2D eigenvalue weighted by Crippen LogP contribution is 2.34. The molecular formula is C15H16BrNO. The molecule has 0 heterocycles. The molecule has 0 bridgehead atoms. The number of benzene rings is 2. The van der Waals surface area contributed by atoms with Crippen LogP contribution in [-0.4, -0.2) is 0 Å². The number of aryl methyl sites for hydroxylation is 1. The van der Waals surface area contributed by atoms with E-state index >= 15 is 0 Å². The molecule has 0 saturated heterocycles. The summed E-state index contributed by atoms with van der Waals surface area (Å²) in [6, 6.07) is 9.52. The number of nitrogens with two attached hydrogens (primary N) is 1. The zero-order valence-corrected chi connectivity index (χ0v) is 12.3. The summed E-state index contributed by atoms with van der Waals surface area (Å²) in [5.41, 5.74) is 9.87. The predicted molar refractivity (Wildman–Crippen MR) is 79.3 cm³/mol. The lowest BCUT2D eigenvalue weighted by atomic mass is 10.1. The van der Waals surface area contributed by atoms with Crippen LogP contribution in [0.25, 0.3) is 0 Å². The van der Waals surface area contributed by atoms with Gasteiger partial charge in [-0.1, -0.05) is 15.9 Å². The van der Waals surface area contributed by atoms with Gasteiger partial charge < -0.3 is 10.5 Å². The Hall–Kier alpha value is -1.48. The van der Waals surface area contributed by atoms with Crippen molar-refractivity contribution >= 4 is 21.6 Å². The zero-order valence-electron chi connectivity index (χ0n) is 10.8. The van der Waals surface area contributed by atoms with Crippen molar-refractivity contribution in [2.75, 3.05) is 5.73 Å². The molecule has 2 aromatic rings. The van der Waals surface area contributed by atoms with Gasteiger partial charge in [-0.25, -0.2) is 0 Å². The van der Waals surface area contributed by atoms with Gasteiger partial charge in [-0.2, -0.15) is 0 Å². The normalized spacial score (nSPS) is 10.4. The van der Waals surface area contributed by atoms with Crippen molar-refractivity contribution in [3.8, 4) is 11.5 Å². The molecule has 0 aliphatic carbocycles. The maximum Gasteiger partial charge on any atom is 0.133 e. The van der Waals surface area contributed by atoms with Gasteiger partial charge in [0, 0.05) is 10.2 Å². The third-order valence-corrected chi connectivity index (χ3v) is 3.89. The molecule has 0 aromatic heterocycles. The number of anilines is 1. The summed E-state index contributed by atoms with van der Waals surface area (Å²) in [6.07, 6.45) is 0. The number of halogens is 1. The van der Waals surface area contributed by atoms with Gasteiger partial charge in [0.25, 0.3) is 0 Å². The Morgan fingerprint density at radius 2 is 1.61 bits per heavy atom. The maximum atomic E-state index is 5.95. The molecule has 0 amide bonds. The van der Waals surface area contributed by atoms with Gasteiger partial charge in [-0.15, -0.1) is 0 Å². The second-order valence-corrected chi connectivity index (χ2v) is 5.28. The smallest absolute Gasteiger partial charge is 0.133 e. The zero-order chi connectivity index (χ0) is 13.3. The molecule has 0 saturated carbocycles. The summed E-state index contributed by atoms with van der Waals surface area (Å²) in [5.74, 6) is 1.72. The van der Waals surface area contributed by atoms with Crippen LogP contribution in [0.3, 0.4) is 0 Å². The highest BCUT2D eigenvalue weighted by molar-refractivity contribution is 9.10. The monoisotopic (exact) mass is 305 g/mol. The van der Waals surface area contributed by atoms with E-state index in [1.165, 1.54) is 5.56 Å². The molecule has 0 radical (unpaired) electrons. The Kier molecular flexibility index (Phi) is 3.62. The number of rotatable bonds is 2. The first-order valence-corrected chi connectivity index (χ1v) is 6.58. The van der Waals surface area contributed by atoms with Crippen LogP contribution < -0.4 is 10.5 Å². The van der Waals surface area contributed by atoms with Crippen LogP contribution in [0.4, 0.5) is 5.69 Å². The fourth-order valence-corrected chi connectivity index (χ4v) is 2.46. The summed E-state index contributed by atoms with van der Waals surface area (Å²) in [4.78, 5) is 0. The van der Waals surface area contributed by atoms with Gasteiger partial charge >= 0.3 is 0 Å². The molecule has 3 heteroatoms. The lowest BCUT2D eigenvalue weighted by Crippen LogP contribution is -1.95. The van der Waals surface area contributed by atoms with Gasteiger partial charge in [-0.05, 0) is 67.8 Å². The maximum absolute atomic E-state index is 5.95. The molecule has 0 spiro atoms. The van der Waals surface area contributed by atoms with Crippen molar-refractivity contribution in [1.29, 1.82) is 0 Å². The largest absolute Gasteiger partial charge is 0.457 e. The average molecular weight is 306 g/mol. The lowest BCUT2D eigenvalue weighted by Gasteiger charge is -2.15. The Morgan fingerprint density at radius 1 is 1.00 bits per heavy atom. The van der Waals surface area contributed by atoms with Crippen molar-refractivity contribution in [3.63, 3.8) is 0 Å². The summed E-state index contributed by atoms with van der Waals surface area (Å²) < 4.78 is 7.07. The van der Waals surface area contributed by atoms with E-state index in [1.54, 1.807) is 0 Å². The summed E-state index contributed by atoms with van der Waals surface area (Å²) in [7, 11) is 0. The van der Waals surface area contributed by atoms with E-state index < -0.39 is 0 Å². The number of nitrogen functional groups attached to an aromatic ring is 1. The van der Waals surface area contributed by atoms with Gasteiger partial charge in [0.1, 0.15) is 11.5 Å². The van der Waals surface area contributed by atoms with Crippen molar-refractivity contribution in [1.82, 2.24) is 0 Å². The van der Waals surface area contributed by atoms with Gasteiger partial charge in [-0.3, -0.25) is 0 Å². The number of hydrogen-bond acceptors (Lipinski definition) is 2. The van der Waals surface area contributed by atoms with E-state index in [0.717, 1.165) is 32.8 Å². The fraction of sp³-hybridized carbons (Fsp3) is 0.200. The molecule has 0 atom stereocenters. The van der Waals surface area contributed by atoms with Crippen molar-refractivity contribution in [3.05, 3.63) is 51.5 Å². The van der Waals surface area contributed by atoms with Crippen molar-refractivity contribution in [2.24, 2.45) is 0 Å². The molecule has 2 aromatic carbocycles. The highest BCUT2D eigenvalue weighted by atomic mass is 79.9. The Labute approximate surface area is 116 Å². The Bertz CT molecular complexity index is 576. The summed E-state index contributed by atoms with van der Waals surface area (Å²) in [5, 5.41) is 0. The van der Waals surface area contributed by atoms with E-state index in [-0.39, 0.29) is 0 Å². The topological polar surface area (TPSA) is 35.2 Å². The third kappa shape index (κ3) is 2.51. The van der Waals surface area contributed by atoms with Crippen LogP contribution in [0.15, 0.2) is 34.8 Å². The second-order valence-electron chi connectivity index (χ2n) is 4.43. The molecule has 2 rings (SSSR count). The molecule has 0 fully saturated rings. The molecule has 2 nitrogen and oxygen atoms in total. The molecule has 0 aliphatic rings. The van der Waals surface area contributed by atoms with Crippen LogP contribution in [0, 0.1) is 20.8 Å². The van der Waals surface area contributed by atoms with E-state index in [9.17, 15) is 0 Å². The summed E-state index contributed by atoms with van der Waals surface area (Å²) in [6.45, 7) is 6.19. The average Bonchev–Trinajstić information content (AvgIpc) is 2.34. The molecule has 2 N–H and O–H groups in total. The molecular weight excluding hydrogens is 290 g/mol. The van der Waals surface area contributed by atoms with Crippen LogP contribution in [0.1, 0.15) is 16.7 Å².